The van der Waals surface area contributed by atoms with Crippen LogP contribution < -0.4 is 4.74 Å². The highest BCUT2D eigenvalue weighted by molar-refractivity contribution is 8.18. The van der Waals surface area contributed by atoms with E-state index in [2.05, 4.69) is 0 Å². The van der Waals surface area contributed by atoms with E-state index in [0.29, 0.717) is 32.1 Å². The van der Waals surface area contributed by atoms with Crippen LogP contribution in [0, 0.1) is 0 Å². The summed E-state index contributed by atoms with van der Waals surface area (Å²) in [6.07, 6.45) is 1.63. The lowest BCUT2D eigenvalue weighted by atomic mass is 10.2. The molecular weight excluding hydrogens is 368 g/mol. The number of nitrogens with zero attached hydrogens (tertiary/aromatic N) is 2. The zero-order chi connectivity index (χ0) is 19.4. The summed E-state index contributed by atoms with van der Waals surface area (Å²) in [6, 6.07) is 7.33. The Bertz CT molecular complexity index is 771. The third kappa shape index (κ3) is 4.70. The molecule has 0 bridgehead atoms. The zero-order valence-corrected chi connectivity index (χ0v) is 16.2. The van der Waals surface area contributed by atoms with Crippen LogP contribution in [0.25, 0.3) is 6.08 Å². The van der Waals surface area contributed by atoms with E-state index in [9.17, 15) is 14.4 Å². The van der Waals surface area contributed by atoms with Crippen molar-refractivity contribution < 1.29 is 23.9 Å². The van der Waals surface area contributed by atoms with Crippen LogP contribution in [-0.2, 0) is 14.3 Å². The van der Waals surface area contributed by atoms with E-state index in [-0.39, 0.29) is 23.5 Å². The first-order chi connectivity index (χ1) is 13.0. The summed E-state index contributed by atoms with van der Waals surface area (Å²) in [5, 5.41) is -0.435. The molecule has 0 aromatic heterocycles. The number of ether oxygens (including phenoxy) is 2. The molecule has 0 radical (unpaired) electrons. The fraction of sp³-hybridized carbons (Fsp3) is 0.421. The molecule has 1 aromatic carbocycles. The third-order valence-electron chi connectivity index (χ3n) is 4.10. The molecule has 2 saturated heterocycles. The van der Waals surface area contributed by atoms with E-state index in [1.807, 2.05) is 38.1 Å². The fourth-order valence-electron chi connectivity index (χ4n) is 2.79. The van der Waals surface area contributed by atoms with Gasteiger partial charge in [-0.15, -0.1) is 0 Å². The van der Waals surface area contributed by atoms with E-state index >= 15 is 0 Å². The van der Waals surface area contributed by atoms with Crippen LogP contribution in [0.5, 0.6) is 5.75 Å². The molecule has 0 N–H and O–H groups in total. The second kappa shape index (κ2) is 8.58. The number of carbonyl (C=O) groups excluding carboxylic acids is 3. The van der Waals surface area contributed by atoms with Crippen molar-refractivity contribution in [2.45, 2.75) is 20.0 Å². The summed E-state index contributed by atoms with van der Waals surface area (Å²) in [5.74, 6) is -0.0555. The Morgan fingerprint density at radius 3 is 2.67 bits per heavy atom. The van der Waals surface area contributed by atoms with Crippen molar-refractivity contribution in [2.24, 2.45) is 0 Å². The number of para-hydroxylation sites is 1. The van der Waals surface area contributed by atoms with Gasteiger partial charge in [-0.05, 0) is 37.8 Å². The molecule has 2 aliphatic heterocycles. The van der Waals surface area contributed by atoms with E-state index in [0.717, 1.165) is 22.2 Å². The first kappa shape index (κ1) is 19.4. The molecule has 2 aliphatic rings. The van der Waals surface area contributed by atoms with Crippen LogP contribution in [0.2, 0.25) is 0 Å². The van der Waals surface area contributed by atoms with Crippen molar-refractivity contribution in [2.75, 3.05) is 32.8 Å². The normalized spacial score (nSPS) is 19.3. The van der Waals surface area contributed by atoms with Gasteiger partial charge in [-0.3, -0.25) is 19.3 Å². The predicted octanol–water partition coefficient (Wildman–Crippen LogP) is 2.37. The number of amides is 3. The summed E-state index contributed by atoms with van der Waals surface area (Å²) >= 11 is 0.840. The van der Waals surface area contributed by atoms with Crippen LogP contribution in [0.1, 0.15) is 19.4 Å². The van der Waals surface area contributed by atoms with Gasteiger partial charge in [0.1, 0.15) is 12.3 Å². The van der Waals surface area contributed by atoms with Gasteiger partial charge in [-0.2, -0.15) is 0 Å². The van der Waals surface area contributed by atoms with Crippen molar-refractivity contribution in [3.63, 3.8) is 0 Å². The molecule has 3 amide bonds. The van der Waals surface area contributed by atoms with E-state index in [1.165, 1.54) is 0 Å². The molecule has 0 spiro atoms. The number of thioether (sulfide) groups is 1. The molecule has 2 fully saturated rings. The highest BCUT2D eigenvalue weighted by Gasteiger charge is 2.37. The van der Waals surface area contributed by atoms with Gasteiger partial charge in [-0.25, -0.2) is 0 Å². The average molecular weight is 390 g/mol. The number of hydrogen-bond acceptors (Lipinski definition) is 6. The van der Waals surface area contributed by atoms with Crippen molar-refractivity contribution >= 4 is 34.9 Å². The number of morpholine rings is 1. The zero-order valence-electron chi connectivity index (χ0n) is 15.3. The summed E-state index contributed by atoms with van der Waals surface area (Å²) < 4.78 is 11.0. The van der Waals surface area contributed by atoms with Crippen molar-refractivity contribution in [3.8, 4) is 5.75 Å². The Morgan fingerprint density at radius 1 is 1.26 bits per heavy atom. The molecule has 7 nitrogen and oxygen atoms in total. The van der Waals surface area contributed by atoms with Gasteiger partial charge in [-0.1, -0.05) is 18.2 Å². The smallest absolute Gasteiger partial charge is 0.294 e. The van der Waals surface area contributed by atoms with Gasteiger partial charge in [0.05, 0.1) is 24.2 Å². The minimum atomic E-state index is -0.453. The molecule has 1 aromatic rings. The lowest BCUT2D eigenvalue weighted by Gasteiger charge is -2.28. The van der Waals surface area contributed by atoms with Gasteiger partial charge in [0.15, 0.2) is 0 Å². The van der Waals surface area contributed by atoms with E-state index in [4.69, 9.17) is 9.47 Å². The number of rotatable bonds is 5. The van der Waals surface area contributed by atoms with Crippen LogP contribution >= 0.6 is 11.8 Å². The summed E-state index contributed by atoms with van der Waals surface area (Å²) in [7, 11) is 0. The van der Waals surface area contributed by atoms with Gasteiger partial charge >= 0.3 is 0 Å². The van der Waals surface area contributed by atoms with Crippen LogP contribution in [0.4, 0.5) is 4.79 Å². The summed E-state index contributed by atoms with van der Waals surface area (Å²) in [4.78, 5) is 40.2. The number of carbonyl (C=O) groups is 3. The standard InChI is InChI=1S/C19H22N2O5S/c1-13(2)26-15-6-4-3-5-14(15)11-16-18(23)21(19(24)27-16)12-17(22)20-7-9-25-10-8-20/h3-6,11,13H,7-10,12H2,1-2H3/b16-11-. The van der Waals surface area contributed by atoms with Crippen molar-refractivity contribution in [3.05, 3.63) is 34.7 Å². The van der Waals surface area contributed by atoms with Gasteiger partial charge in [0.2, 0.25) is 5.91 Å². The monoisotopic (exact) mass is 390 g/mol. The highest BCUT2D eigenvalue weighted by atomic mass is 32.2. The largest absolute Gasteiger partial charge is 0.490 e. The topological polar surface area (TPSA) is 76.2 Å². The second-order valence-electron chi connectivity index (χ2n) is 6.47. The molecule has 8 heteroatoms. The minimum absolute atomic E-state index is 0.0132. The fourth-order valence-corrected chi connectivity index (χ4v) is 3.62. The Kier molecular flexibility index (Phi) is 6.18. The molecule has 2 heterocycles. The SMILES string of the molecule is CC(C)Oc1ccccc1/C=C1\SC(=O)N(CC(=O)N2CCOCC2)C1=O. The van der Waals surface area contributed by atoms with E-state index < -0.39 is 11.1 Å². The number of imide groups is 1. The summed E-state index contributed by atoms with van der Waals surface area (Å²) in [5.41, 5.74) is 0.719. The third-order valence-corrected chi connectivity index (χ3v) is 5.01. The second-order valence-corrected chi connectivity index (χ2v) is 7.46. The van der Waals surface area contributed by atoms with Crippen LogP contribution in [0.15, 0.2) is 29.2 Å². The maximum Gasteiger partial charge on any atom is 0.294 e. The minimum Gasteiger partial charge on any atom is -0.490 e. The summed E-state index contributed by atoms with van der Waals surface area (Å²) in [6.45, 7) is 5.49. The van der Waals surface area contributed by atoms with Crippen molar-refractivity contribution in [1.29, 1.82) is 0 Å². The Labute approximate surface area is 162 Å². The lowest BCUT2D eigenvalue weighted by molar-refractivity contribution is -0.139. The molecule has 0 atom stereocenters. The molecule has 27 heavy (non-hydrogen) atoms. The Balaban J connectivity index is 1.74. The predicted molar refractivity (Wildman–Crippen MR) is 102 cm³/mol. The van der Waals surface area contributed by atoms with E-state index in [1.54, 1.807) is 11.0 Å². The maximum atomic E-state index is 12.7. The molecule has 144 valence electrons. The van der Waals surface area contributed by atoms with Crippen LogP contribution in [0.3, 0.4) is 0 Å². The first-order valence-electron chi connectivity index (χ1n) is 8.82. The Morgan fingerprint density at radius 2 is 1.96 bits per heavy atom. The molecular formula is C19H22N2O5S. The van der Waals surface area contributed by atoms with Gasteiger partial charge in [0.25, 0.3) is 11.1 Å². The number of hydrogen-bond donors (Lipinski definition) is 0. The quantitative estimate of drug-likeness (QED) is 0.719. The van der Waals surface area contributed by atoms with Gasteiger partial charge in [0, 0.05) is 18.7 Å². The average Bonchev–Trinajstić information content (AvgIpc) is 2.91. The molecule has 0 saturated carbocycles. The Hall–Kier alpha value is -2.32. The lowest BCUT2D eigenvalue weighted by Crippen LogP contribution is -2.46. The molecule has 3 rings (SSSR count). The highest BCUT2D eigenvalue weighted by Crippen LogP contribution is 2.34. The van der Waals surface area contributed by atoms with Gasteiger partial charge < -0.3 is 14.4 Å². The van der Waals surface area contributed by atoms with Crippen LogP contribution in [-0.4, -0.2) is 65.8 Å². The molecule has 0 unspecified atom stereocenters. The first-order valence-corrected chi connectivity index (χ1v) is 9.64. The van der Waals surface area contributed by atoms with Crippen molar-refractivity contribution in [1.82, 2.24) is 9.80 Å². The maximum absolute atomic E-state index is 12.7. The molecule has 0 aliphatic carbocycles. The number of benzene rings is 1.